The quantitative estimate of drug-likeness (QED) is 0.619. The lowest BCUT2D eigenvalue weighted by Crippen LogP contribution is -2.32. The lowest BCUT2D eigenvalue weighted by atomic mass is 10.1. The minimum absolute atomic E-state index is 0.326. The highest BCUT2D eigenvalue weighted by Crippen LogP contribution is 2.29. The molecule has 0 atom stereocenters. The Kier molecular flexibility index (Phi) is 7.68. The van der Waals surface area contributed by atoms with Crippen LogP contribution in [0.5, 0.6) is 0 Å². The minimum Gasteiger partial charge on any atom is -0.377 e. The van der Waals surface area contributed by atoms with Crippen molar-refractivity contribution in [3.63, 3.8) is 0 Å². The van der Waals surface area contributed by atoms with E-state index in [1.54, 1.807) is 12.1 Å². The fraction of sp³-hybridized carbons (Fsp3) is 0.391. The monoisotopic (exact) mass is 410 g/mol. The molecular weight excluding hydrogens is 380 g/mol. The smallest absolute Gasteiger partial charge is 0.319 e. The van der Waals surface area contributed by atoms with Crippen LogP contribution < -0.4 is 21.3 Å². The molecule has 0 spiro atoms. The number of hydrogen-bond donors (Lipinski definition) is 3. The molecular formula is C23H30N4O3. The molecule has 0 aliphatic carbocycles. The highest BCUT2D eigenvalue weighted by Gasteiger charge is 2.17. The van der Waals surface area contributed by atoms with Crippen molar-refractivity contribution in [2.24, 2.45) is 5.73 Å². The zero-order valence-electron chi connectivity index (χ0n) is 17.4. The lowest BCUT2D eigenvalue weighted by Gasteiger charge is -2.30. The number of carbonyl (C=O) groups excluding carboxylic acids is 2. The maximum Gasteiger partial charge on any atom is 0.319 e. The van der Waals surface area contributed by atoms with Crippen LogP contribution in [0.2, 0.25) is 0 Å². The summed E-state index contributed by atoms with van der Waals surface area (Å²) in [5.74, 6) is -0.518. The molecule has 3 rings (SSSR count). The van der Waals surface area contributed by atoms with Gasteiger partial charge >= 0.3 is 6.03 Å². The minimum atomic E-state index is -0.518. The fourth-order valence-electron chi connectivity index (χ4n) is 3.52. The van der Waals surface area contributed by atoms with Crippen LogP contribution in [-0.2, 0) is 17.9 Å². The van der Waals surface area contributed by atoms with Gasteiger partial charge in [-0.2, -0.15) is 0 Å². The molecule has 7 nitrogen and oxygen atoms in total. The number of primary amides is 1. The summed E-state index contributed by atoms with van der Waals surface area (Å²) < 4.78 is 5.39. The molecule has 4 N–H and O–H groups in total. The van der Waals surface area contributed by atoms with E-state index < -0.39 is 5.91 Å². The highest BCUT2D eigenvalue weighted by atomic mass is 16.5. The normalized spacial score (nSPS) is 13.7. The second kappa shape index (κ2) is 10.6. The van der Waals surface area contributed by atoms with E-state index >= 15 is 0 Å². The molecule has 2 aromatic rings. The van der Waals surface area contributed by atoms with E-state index in [0.29, 0.717) is 31.0 Å². The maximum absolute atomic E-state index is 12.5. The van der Waals surface area contributed by atoms with E-state index in [4.69, 9.17) is 10.5 Å². The number of nitrogens with zero attached hydrogens (tertiary/aromatic N) is 1. The van der Waals surface area contributed by atoms with Crippen LogP contribution in [0.1, 0.15) is 47.7 Å². The van der Waals surface area contributed by atoms with Crippen LogP contribution in [0, 0.1) is 0 Å². The molecule has 7 heteroatoms. The molecule has 1 heterocycles. The standard InChI is InChI=1S/C23H30N4O3/c1-2-30-16-18-8-6-17(7-9-18)15-25-23(29)26-20-14-19(22(24)28)10-11-21(20)27-12-4-3-5-13-27/h6-11,14H,2-5,12-13,15-16H2,1H3,(H2,24,28)(H2,25,26,29). The van der Waals surface area contributed by atoms with Crippen molar-refractivity contribution in [1.29, 1.82) is 0 Å². The summed E-state index contributed by atoms with van der Waals surface area (Å²) in [6.07, 6.45) is 3.44. The van der Waals surface area contributed by atoms with Crippen molar-refractivity contribution in [2.75, 3.05) is 29.9 Å². The van der Waals surface area contributed by atoms with Gasteiger partial charge in [-0.25, -0.2) is 4.79 Å². The second-order valence-electron chi connectivity index (χ2n) is 7.41. The first-order valence-corrected chi connectivity index (χ1v) is 10.5. The number of anilines is 2. The number of nitrogens with two attached hydrogens (primary N) is 1. The SMILES string of the molecule is CCOCc1ccc(CNC(=O)Nc2cc(C(N)=O)ccc2N2CCCCC2)cc1. The molecule has 160 valence electrons. The number of urea groups is 1. The van der Waals surface area contributed by atoms with Crippen molar-refractivity contribution >= 4 is 23.3 Å². The molecule has 1 aliphatic rings. The summed E-state index contributed by atoms with van der Waals surface area (Å²) in [7, 11) is 0. The van der Waals surface area contributed by atoms with Gasteiger partial charge in [0.2, 0.25) is 5.91 Å². The van der Waals surface area contributed by atoms with Crippen LogP contribution in [0.25, 0.3) is 0 Å². The van der Waals surface area contributed by atoms with Gasteiger partial charge in [0.25, 0.3) is 0 Å². The highest BCUT2D eigenvalue weighted by molar-refractivity contribution is 5.98. The lowest BCUT2D eigenvalue weighted by molar-refractivity contribution is 0.1000. The molecule has 0 bridgehead atoms. The van der Waals surface area contributed by atoms with Gasteiger partial charge in [-0.1, -0.05) is 24.3 Å². The van der Waals surface area contributed by atoms with Gasteiger partial charge in [0.05, 0.1) is 18.0 Å². The number of rotatable bonds is 8. The van der Waals surface area contributed by atoms with Crippen molar-refractivity contribution in [2.45, 2.75) is 39.3 Å². The summed E-state index contributed by atoms with van der Waals surface area (Å²) in [5, 5.41) is 5.77. The van der Waals surface area contributed by atoms with Gasteiger partial charge in [-0.05, 0) is 55.5 Å². The van der Waals surface area contributed by atoms with Crippen molar-refractivity contribution in [3.8, 4) is 0 Å². The molecule has 1 aliphatic heterocycles. The van der Waals surface area contributed by atoms with Gasteiger partial charge in [0.1, 0.15) is 0 Å². The summed E-state index contributed by atoms with van der Waals surface area (Å²) >= 11 is 0. The van der Waals surface area contributed by atoms with Crippen LogP contribution >= 0.6 is 0 Å². The maximum atomic E-state index is 12.5. The number of ether oxygens (including phenoxy) is 1. The Morgan fingerprint density at radius 3 is 2.40 bits per heavy atom. The third-order valence-corrected chi connectivity index (χ3v) is 5.17. The van der Waals surface area contributed by atoms with E-state index in [-0.39, 0.29) is 6.03 Å². The zero-order valence-corrected chi connectivity index (χ0v) is 17.4. The third kappa shape index (κ3) is 5.97. The first-order valence-electron chi connectivity index (χ1n) is 10.5. The first-order chi connectivity index (χ1) is 14.6. The number of amides is 3. The summed E-state index contributed by atoms with van der Waals surface area (Å²) in [6, 6.07) is 12.8. The van der Waals surface area contributed by atoms with E-state index in [9.17, 15) is 9.59 Å². The number of piperidine rings is 1. The van der Waals surface area contributed by atoms with Gasteiger partial charge in [0, 0.05) is 31.8 Å². The van der Waals surface area contributed by atoms with E-state index in [1.165, 1.54) is 6.42 Å². The number of hydrogen-bond acceptors (Lipinski definition) is 4. The Labute approximate surface area is 177 Å². The largest absolute Gasteiger partial charge is 0.377 e. The van der Waals surface area contributed by atoms with Crippen LogP contribution in [0.4, 0.5) is 16.2 Å². The van der Waals surface area contributed by atoms with Crippen LogP contribution in [-0.4, -0.2) is 31.6 Å². The average Bonchev–Trinajstić information content (AvgIpc) is 2.77. The van der Waals surface area contributed by atoms with Crippen LogP contribution in [0.3, 0.4) is 0 Å². The predicted octanol–water partition coefficient (Wildman–Crippen LogP) is 3.63. The topological polar surface area (TPSA) is 96.7 Å². The molecule has 3 amide bonds. The summed E-state index contributed by atoms with van der Waals surface area (Å²) in [5.41, 5.74) is 9.40. The molecule has 0 saturated carbocycles. The summed E-state index contributed by atoms with van der Waals surface area (Å²) in [6.45, 7) is 5.49. The van der Waals surface area contributed by atoms with Crippen LogP contribution in [0.15, 0.2) is 42.5 Å². The van der Waals surface area contributed by atoms with Crippen molar-refractivity contribution in [3.05, 3.63) is 59.2 Å². The molecule has 1 fully saturated rings. The predicted molar refractivity (Wildman–Crippen MR) is 119 cm³/mol. The van der Waals surface area contributed by atoms with Gasteiger partial charge < -0.3 is 26.0 Å². The number of benzene rings is 2. The molecule has 1 saturated heterocycles. The van der Waals surface area contributed by atoms with Gasteiger partial charge in [-0.3, -0.25) is 4.79 Å². The van der Waals surface area contributed by atoms with E-state index in [2.05, 4.69) is 15.5 Å². The van der Waals surface area contributed by atoms with Crippen molar-refractivity contribution in [1.82, 2.24) is 5.32 Å². The van der Waals surface area contributed by atoms with Gasteiger partial charge in [-0.15, -0.1) is 0 Å². The second-order valence-corrected chi connectivity index (χ2v) is 7.41. The molecule has 2 aromatic carbocycles. The Bertz CT molecular complexity index is 861. The molecule has 30 heavy (non-hydrogen) atoms. The summed E-state index contributed by atoms with van der Waals surface area (Å²) in [4.78, 5) is 26.4. The van der Waals surface area contributed by atoms with Crippen molar-refractivity contribution < 1.29 is 14.3 Å². The molecule has 0 unspecified atom stereocenters. The molecule has 0 radical (unpaired) electrons. The van der Waals surface area contributed by atoms with E-state index in [0.717, 1.165) is 42.7 Å². The zero-order chi connectivity index (χ0) is 21.3. The fourth-order valence-corrected chi connectivity index (χ4v) is 3.52. The number of nitrogens with one attached hydrogen (secondary N) is 2. The Balaban J connectivity index is 1.64. The Morgan fingerprint density at radius 2 is 1.73 bits per heavy atom. The Morgan fingerprint density at radius 1 is 1.03 bits per heavy atom. The van der Waals surface area contributed by atoms with Gasteiger partial charge in [0.15, 0.2) is 0 Å². The number of carbonyl (C=O) groups is 2. The van der Waals surface area contributed by atoms with E-state index in [1.807, 2.05) is 37.3 Å². The Hall–Kier alpha value is -3.06. The third-order valence-electron chi connectivity index (χ3n) is 5.17. The average molecular weight is 411 g/mol. The molecule has 0 aromatic heterocycles. The first kappa shape index (κ1) is 21.6.